The summed E-state index contributed by atoms with van der Waals surface area (Å²) >= 11 is 5.63. The van der Waals surface area contributed by atoms with E-state index in [9.17, 15) is 18.0 Å². The summed E-state index contributed by atoms with van der Waals surface area (Å²) in [4.78, 5) is 13.1. The molecule has 0 unspecified atom stereocenters. The Morgan fingerprint density at radius 1 is 1.31 bits per heavy atom. The summed E-state index contributed by atoms with van der Waals surface area (Å²) in [6.07, 6.45) is -0.487. The number of nitrogens with one attached hydrogen (secondary N) is 1. The largest absolute Gasteiger partial charge is 0.480 e. The maximum absolute atomic E-state index is 12.9. The molecule has 2 saturated carbocycles. The van der Waals surface area contributed by atoms with Gasteiger partial charge in [-0.15, -0.1) is 0 Å². The first-order valence-electron chi connectivity index (χ1n) is 8.77. The number of nitrogens with zero attached hydrogens (tertiary/aromatic N) is 1. The molecule has 4 nitrogen and oxygen atoms in total. The zero-order valence-corrected chi connectivity index (χ0v) is 15.0. The van der Waals surface area contributed by atoms with Crippen molar-refractivity contribution in [1.29, 1.82) is 0 Å². The zero-order valence-electron chi connectivity index (χ0n) is 14.2. The van der Waals surface area contributed by atoms with Gasteiger partial charge in [-0.25, -0.2) is 0 Å². The van der Waals surface area contributed by atoms with Gasteiger partial charge in [0, 0.05) is 25.2 Å². The molecule has 1 aromatic rings. The molecule has 0 saturated heterocycles. The molecular weight excluding hydrogens is 369 g/mol. The molecule has 0 radical (unpaired) electrons. The van der Waals surface area contributed by atoms with Gasteiger partial charge in [0.1, 0.15) is 0 Å². The fourth-order valence-corrected chi connectivity index (χ4v) is 3.59. The van der Waals surface area contributed by atoms with Crippen LogP contribution in [0, 0.1) is 5.92 Å². The summed E-state index contributed by atoms with van der Waals surface area (Å²) in [6, 6.07) is 4.37. The highest BCUT2D eigenvalue weighted by atomic mass is 35.5. The van der Waals surface area contributed by atoms with Gasteiger partial charge in [-0.2, -0.15) is 13.2 Å². The fraction of sp³-hybridized carbons (Fsp3) is 0.611. The summed E-state index contributed by atoms with van der Waals surface area (Å²) in [5, 5.41) is 12.0. The smallest absolute Gasteiger partial charge is 0.417 e. The molecule has 0 spiro atoms. The molecule has 0 amide bonds. The van der Waals surface area contributed by atoms with Gasteiger partial charge < -0.3 is 10.4 Å². The molecule has 2 fully saturated rings. The normalized spacial score (nSPS) is 23.1. The van der Waals surface area contributed by atoms with Crippen LogP contribution in [0.5, 0.6) is 0 Å². The molecule has 0 aromatic heterocycles. The molecule has 0 heterocycles. The van der Waals surface area contributed by atoms with Crippen LogP contribution in [-0.2, 0) is 17.5 Å². The number of halogens is 4. The van der Waals surface area contributed by atoms with Crippen molar-refractivity contribution in [2.75, 3.05) is 13.1 Å². The number of alkyl halides is 3. The highest BCUT2D eigenvalue weighted by Crippen LogP contribution is 2.36. The van der Waals surface area contributed by atoms with Gasteiger partial charge in [-0.05, 0) is 49.3 Å². The topological polar surface area (TPSA) is 52.6 Å². The number of hydrogen-bond donors (Lipinski definition) is 2. The third-order valence-electron chi connectivity index (χ3n) is 5.09. The maximum Gasteiger partial charge on any atom is 0.417 e. The monoisotopic (exact) mass is 390 g/mol. The van der Waals surface area contributed by atoms with Gasteiger partial charge in [0.2, 0.25) is 0 Å². The van der Waals surface area contributed by atoms with E-state index >= 15 is 0 Å². The van der Waals surface area contributed by atoms with Crippen molar-refractivity contribution in [2.45, 2.75) is 50.5 Å². The number of carboxylic acid groups (broad SMARTS) is 1. The predicted molar refractivity (Wildman–Crippen MR) is 92.0 cm³/mol. The summed E-state index contributed by atoms with van der Waals surface area (Å²) in [5.74, 6) is -0.195. The molecule has 2 aliphatic rings. The lowest BCUT2D eigenvalue weighted by molar-refractivity contribution is -0.140. The SMILES string of the molecule is O=C(O)CN(CC1CC1)C1CC(NCc2ccc(Cl)c(C(F)(F)F)c2)C1. The minimum Gasteiger partial charge on any atom is -0.480 e. The Morgan fingerprint density at radius 3 is 2.58 bits per heavy atom. The average molecular weight is 391 g/mol. The van der Waals surface area contributed by atoms with Crippen molar-refractivity contribution in [3.63, 3.8) is 0 Å². The van der Waals surface area contributed by atoms with Gasteiger partial charge >= 0.3 is 12.1 Å². The Morgan fingerprint density at radius 2 is 2.00 bits per heavy atom. The van der Waals surface area contributed by atoms with Crippen molar-refractivity contribution in [3.05, 3.63) is 34.3 Å². The minimum atomic E-state index is -4.46. The lowest BCUT2D eigenvalue weighted by Gasteiger charge is -2.43. The molecule has 144 valence electrons. The number of carbonyl (C=O) groups is 1. The van der Waals surface area contributed by atoms with E-state index < -0.39 is 17.7 Å². The number of carboxylic acids is 1. The molecule has 0 aliphatic heterocycles. The first kappa shape index (κ1) is 19.5. The second-order valence-corrected chi connectivity index (χ2v) is 7.69. The Balaban J connectivity index is 1.49. The average Bonchev–Trinajstić information content (AvgIpc) is 3.29. The summed E-state index contributed by atoms with van der Waals surface area (Å²) < 4.78 is 38.7. The third kappa shape index (κ3) is 5.11. The molecular formula is C18H22ClF3N2O2. The first-order chi connectivity index (χ1) is 12.2. The lowest BCUT2D eigenvalue weighted by atomic mass is 9.85. The van der Waals surface area contributed by atoms with E-state index in [2.05, 4.69) is 5.32 Å². The van der Waals surface area contributed by atoms with Crippen LogP contribution in [0.25, 0.3) is 0 Å². The number of hydrogen-bond acceptors (Lipinski definition) is 3. The maximum atomic E-state index is 12.9. The minimum absolute atomic E-state index is 0.0556. The molecule has 2 N–H and O–H groups in total. The molecule has 2 aliphatic carbocycles. The van der Waals surface area contributed by atoms with Gasteiger partial charge in [-0.1, -0.05) is 17.7 Å². The van der Waals surface area contributed by atoms with Crippen LogP contribution in [0.1, 0.15) is 36.8 Å². The molecule has 3 rings (SSSR count). The van der Waals surface area contributed by atoms with Crippen molar-refractivity contribution < 1.29 is 23.1 Å². The quantitative estimate of drug-likeness (QED) is 0.709. The van der Waals surface area contributed by atoms with E-state index in [4.69, 9.17) is 16.7 Å². The molecule has 26 heavy (non-hydrogen) atoms. The van der Waals surface area contributed by atoms with E-state index in [0.29, 0.717) is 18.0 Å². The van der Waals surface area contributed by atoms with Gasteiger partial charge in [0.05, 0.1) is 17.1 Å². The molecule has 0 bridgehead atoms. The second-order valence-electron chi connectivity index (χ2n) is 7.28. The standard InChI is InChI=1S/C18H22ClF3N2O2/c19-16-4-3-12(5-15(16)18(20,21)22)8-23-13-6-14(7-13)24(10-17(25)26)9-11-1-2-11/h3-5,11,13-14,23H,1-2,6-10H2,(H,25,26). The van der Waals surface area contributed by atoms with Crippen LogP contribution in [0.4, 0.5) is 13.2 Å². The van der Waals surface area contributed by atoms with Crippen LogP contribution in [0.15, 0.2) is 18.2 Å². The number of benzene rings is 1. The third-order valence-corrected chi connectivity index (χ3v) is 5.42. The summed E-state index contributed by atoms with van der Waals surface area (Å²) in [5.41, 5.74) is -0.285. The van der Waals surface area contributed by atoms with E-state index in [-0.39, 0.29) is 23.7 Å². The van der Waals surface area contributed by atoms with Crippen LogP contribution >= 0.6 is 11.6 Å². The molecule has 1 aromatic carbocycles. The Kier molecular flexibility index (Phi) is 5.79. The van der Waals surface area contributed by atoms with Crippen molar-refractivity contribution in [3.8, 4) is 0 Å². The highest BCUT2D eigenvalue weighted by molar-refractivity contribution is 6.31. The summed E-state index contributed by atoms with van der Waals surface area (Å²) in [6.45, 7) is 1.22. The second kappa shape index (κ2) is 7.74. The zero-order chi connectivity index (χ0) is 18.9. The van der Waals surface area contributed by atoms with Crippen LogP contribution in [-0.4, -0.2) is 41.1 Å². The Bertz CT molecular complexity index is 658. The summed E-state index contributed by atoms with van der Waals surface area (Å²) in [7, 11) is 0. The van der Waals surface area contributed by atoms with Crippen molar-refractivity contribution >= 4 is 17.6 Å². The van der Waals surface area contributed by atoms with E-state index in [0.717, 1.165) is 25.5 Å². The number of rotatable bonds is 8. The van der Waals surface area contributed by atoms with Crippen molar-refractivity contribution in [1.82, 2.24) is 10.2 Å². The van der Waals surface area contributed by atoms with E-state index in [1.807, 2.05) is 4.90 Å². The Hall–Kier alpha value is -1.31. The highest BCUT2D eigenvalue weighted by Gasteiger charge is 2.37. The van der Waals surface area contributed by atoms with Gasteiger partial charge in [-0.3, -0.25) is 9.69 Å². The van der Waals surface area contributed by atoms with E-state index in [1.165, 1.54) is 18.9 Å². The van der Waals surface area contributed by atoms with Crippen LogP contribution in [0.2, 0.25) is 5.02 Å². The van der Waals surface area contributed by atoms with Gasteiger partial charge in [0.25, 0.3) is 0 Å². The Labute approximate surface area is 155 Å². The molecule has 0 atom stereocenters. The van der Waals surface area contributed by atoms with Crippen molar-refractivity contribution in [2.24, 2.45) is 5.92 Å². The fourth-order valence-electron chi connectivity index (χ4n) is 3.36. The lowest BCUT2D eigenvalue weighted by Crippen LogP contribution is -2.54. The first-order valence-corrected chi connectivity index (χ1v) is 9.15. The predicted octanol–water partition coefficient (Wildman–Crippen LogP) is 3.78. The number of aliphatic carboxylic acids is 1. The van der Waals surface area contributed by atoms with E-state index in [1.54, 1.807) is 6.07 Å². The van der Waals surface area contributed by atoms with Crippen LogP contribution < -0.4 is 5.32 Å². The molecule has 8 heteroatoms. The van der Waals surface area contributed by atoms with Gasteiger partial charge in [0.15, 0.2) is 0 Å². The van der Waals surface area contributed by atoms with Crippen LogP contribution in [0.3, 0.4) is 0 Å².